The highest BCUT2D eigenvalue weighted by molar-refractivity contribution is 5.77. The maximum Gasteiger partial charge on any atom is 0.352 e. The van der Waals surface area contributed by atoms with Crippen LogP contribution >= 0.6 is 0 Å². The second-order valence-corrected chi connectivity index (χ2v) is 4.43. The SMILES string of the molecule is CCOC(=O)C(Oc1ccccc1C)c1ccccc1. The van der Waals surface area contributed by atoms with Gasteiger partial charge >= 0.3 is 5.97 Å². The molecule has 3 nitrogen and oxygen atoms in total. The summed E-state index contributed by atoms with van der Waals surface area (Å²) in [5, 5.41) is 0. The molecule has 0 aliphatic heterocycles. The van der Waals surface area contributed by atoms with Gasteiger partial charge in [-0.25, -0.2) is 4.79 Å². The Balaban J connectivity index is 2.28. The van der Waals surface area contributed by atoms with Crippen LogP contribution in [0, 0.1) is 6.92 Å². The van der Waals surface area contributed by atoms with Crippen molar-refractivity contribution in [2.45, 2.75) is 20.0 Å². The van der Waals surface area contributed by atoms with Gasteiger partial charge in [0, 0.05) is 5.56 Å². The van der Waals surface area contributed by atoms with Gasteiger partial charge < -0.3 is 9.47 Å². The molecule has 0 aliphatic rings. The molecular weight excluding hydrogens is 252 g/mol. The number of rotatable bonds is 5. The molecule has 2 aromatic carbocycles. The maximum absolute atomic E-state index is 12.1. The summed E-state index contributed by atoms with van der Waals surface area (Å²) in [4.78, 5) is 12.1. The normalized spacial score (nSPS) is 11.7. The Kier molecular flexibility index (Phi) is 4.77. The van der Waals surface area contributed by atoms with Gasteiger partial charge in [0.15, 0.2) is 0 Å². The topological polar surface area (TPSA) is 35.5 Å². The highest BCUT2D eigenvalue weighted by Crippen LogP contribution is 2.25. The van der Waals surface area contributed by atoms with E-state index in [9.17, 15) is 4.79 Å². The van der Waals surface area contributed by atoms with Gasteiger partial charge in [-0.05, 0) is 25.5 Å². The summed E-state index contributed by atoms with van der Waals surface area (Å²) >= 11 is 0. The summed E-state index contributed by atoms with van der Waals surface area (Å²) in [6.07, 6.45) is -0.739. The zero-order valence-electron chi connectivity index (χ0n) is 11.7. The summed E-state index contributed by atoms with van der Waals surface area (Å²) < 4.78 is 11.0. The number of esters is 1. The van der Waals surface area contributed by atoms with E-state index in [2.05, 4.69) is 0 Å². The predicted octanol–water partition coefficient (Wildman–Crippen LogP) is 3.68. The maximum atomic E-state index is 12.1. The van der Waals surface area contributed by atoms with Crippen molar-refractivity contribution in [1.29, 1.82) is 0 Å². The van der Waals surface area contributed by atoms with Crippen LogP contribution in [0.3, 0.4) is 0 Å². The molecule has 0 aromatic heterocycles. The summed E-state index contributed by atoms with van der Waals surface area (Å²) in [5.74, 6) is 0.316. The lowest BCUT2D eigenvalue weighted by Gasteiger charge is -2.19. The molecule has 0 fully saturated rings. The molecule has 3 heteroatoms. The fourth-order valence-electron chi connectivity index (χ4n) is 1.91. The molecule has 0 saturated carbocycles. The molecule has 0 saturated heterocycles. The van der Waals surface area contributed by atoms with Gasteiger partial charge in [-0.1, -0.05) is 48.5 Å². The van der Waals surface area contributed by atoms with Gasteiger partial charge in [-0.3, -0.25) is 0 Å². The van der Waals surface area contributed by atoms with Crippen molar-refractivity contribution in [3.63, 3.8) is 0 Å². The summed E-state index contributed by atoms with van der Waals surface area (Å²) in [6, 6.07) is 17.0. The molecule has 0 spiro atoms. The smallest absolute Gasteiger partial charge is 0.352 e. The van der Waals surface area contributed by atoms with Crippen molar-refractivity contribution < 1.29 is 14.3 Å². The molecular formula is C17H18O3. The number of aryl methyl sites for hydroxylation is 1. The number of carbonyl (C=O) groups is 1. The Labute approximate surface area is 119 Å². The molecule has 0 bridgehead atoms. The zero-order chi connectivity index (χ0) is 14.4. The zero-order valence-corrected chi connectivity index (χ0v) is 11.7. The lowest BCUT2D eigenvalue weighted by molar-refractivity contribution is -0.151. The van der Waals surface area contributed by atoms with Crippen LogP contribution < -0.4 is 4.74 Å². The average Bonchev–Trinajstić information content (AvgIpc) is 2.47. The van der Waals surface area contributed by atoms with Crippen LogP contribution in [0.15, 0.2) is 54.6 Å². The minimum absolute atomic E-state index is 0.333. The third-order valence-electron chi connectivity index (χ3n) is 2.94. The molecule has 0 aliphatic carbocycles. The third-order valence-corrected chi connectivity index (χ3v) is 2.94. The van der Waals surface area contributed by atoms with Crippen LogP contribution in [0.4, 0.5) is 0 Å². The van der Waals surface area contributed by atoms with Crippen LogP contribution in [0.2, 0.25) is 0 Å². The molecule has 1 atom stereocenters. The van der Waals surface area contributed by atoms with Crippen LogP contribution in [0.1, 0.15) is 24.2 Å². The quantitative estimate of drug-likeness (QED) is 0.777. The second-order valence-electron chi connectivity index (χ2n) is 4.43. The van der Waals surface area contributed by atoms with Gasteiger partial charge in [0.05, 0.1) is 6.61 Å². The molecule has 0 radical (unpaired) electrons. The van der Waals surface area contributed by atoms with E-state index < -0.39 is 6.10 Å². The van der Waals surface area contributed by atoms with E-state index in [1.807, 2.05) is 61.5 Å². The molecule has 0 heterocycles. The van der Waals surface area contributed by atoms with E-state index in [1.165, 1.54) is 0 Å². The van der Waals surface area contributed by atoms with Crippen molar-refractivity contribution in [1.82, 2.24) is 0 Å². The van der Waals surface area contributed by atoms with Crippen molar-refractivity contribution in [2.24, 2.45) is 0 Å². The third kappa shape index (κ3) is 3.38. The van der Waals surface area contributed by atoms with Crippen LogP contribution in [-0.2, 0) is 9.53 Å². The first kappa shape index (κ1) is 14.1. The molecule has 2 aromatic rings. The first-order valence-electron chi connectivity index (χ1n) is 6.66. The van der Waals surface area contributed by atoms with E-state index in [0.29, 0.717) is 12.4 Å². The minimum atomic E-state index is -0.739. The van der Waals surface area contributed by atoms with Gasteiger partial charge in [0.2, 0.25) is 6.10 Å². The molecule has 1 unspecified atom stereocenters. The highest BCUT2D eigenvalue weighted by atomic mass is 16.6. The van der Waals surface area contributed by atoms with Crippen molar-refractivity contribution >= 4 is 5.97 Å². The van der Waals surface area contributed by atoms with Crippen LogP contribution in [-0.4, -0.2) is 12.6 Å². The Bertz CT molecular complexity index is 563. The molecule has 0 amide bonds. The van der Waals surface area contributed by atoms with Gasteiger partial charge in [-0.2, -0.15) is 0 Å². The number of ether oxygens (including phenoxy) is 2. The molecule has 2 rings (SSSR count). The first-order chi connectivity index (χ1) is 9.72. The fourth-order valence-corrected chi connectivity index (χ4v) is 1.91. The molecule has 0 N–H and O–H groups in total. The van der Waals surface area contributed by atoms with Gasteiger partial charge in [0.25, 0.3) is 0 Å². The van der Waals surface area contributed by atoms with E-state index in [0.717, 1.165) is 11.1 Å². The van der Waals surface area contributed by atoms with E-state index in [4.69, 9.17) is 9.47 Å². The standard InChI is InChI=1S/C17H18O3/c1-3-19-17(18)16(14-10-5-4-6-11-14)20-15-12-8-7-9-13(15)2/h4-12,16H,3H2,1-2H3. The van der Waals surface area contributed by atoms with E-state index >= 15 is 0 Å². The Hall–Kier alpha value is -2.29. The largest absolute Gasteiger partial charge is 0.474 e. The minimum Gasteiger partial charge on any atom is -0.474 e. The number of benzene rings is 2. The Morgan fingerprint density at radius 2 is 1.70 bits per heavy atom. The molecule has 20 heavy (non-hydrogen) atoms. The lowest BCUT2D eigenvalue weighted by atomic mass is 10.1. The summed E-state index contributed by atoms with van der Waals surface area (Å²) in [6.45, 7) is 4.07. The molecule has 104 valence electrons. The van der Waals surface area contributed by atoms with E-state index in [1.54, 1.807) is 6.92 Å². The monoisotopic (exact) mass is 270 g/mol. The number of para-hydroxylation sites is 1. The van der Waals surface area contributed by atoms with Gasteiger partial charge in [-0.15, -0.1) is 0 Å². The lowest BCUT2D eigenvalue weighted by Crippen LogP contribution is -2.21. The van der Waals surface area contributed by atoms with Crippen molar-refractivity contribution in [3.05, 3.63) is 65.7 Å². The summed E-state index contributed by atoms with van der Waals surface area (Å²) in [7, 11) is 0. The highest BCUT2D eigenvalue weighted by Gasteiger charge is 2.24. The Morgan fingerprint density at radius 3 is 2.35 bits per heavy atom. The van der Waals surface area contributed by atoms with Crippen LogP contribution in [0.5, 0.6) is 5.75 Å². The van der Waals surface area contributed by atoms with Crippen molar-refractivity contribution in [2.75, 3.05) is 6.61 Å². The van der Waals surface area contributed by atoms with Crippen LogP contribution in [0.25, 0.3) is 0 Å². The second kappa shape index (κ2) is 6.75. The predicted molar refractivity (Wildman–Crippen MR) is 77.6 cm³/mol. The van der Waals surface area contributed by atoms with E-state index in [-0.39, 0.29) is 5.97 Å². The fraction of sp³-hybridized carbons (Fsp3) is 0.235. The summed E-state index contributed by atoms with van der Waals surface area (Å²) in [5.41, 5.74) is 1.77. The first-order valence-corrected chi connectivity index (χ1v) is 6.66. The number of hydrogen-bond acceptors (Lipinski definition) is 3. The number of hydrogen-bond donors (Lipinski definition) is 0. The average molecular weight is 270 g/mol. The Morgan fingerprint density at radius 1 is 1.05 bits per heavy atom. The number of carbonyl (C=O) groups excluding carboxylic acids is 1. The van der Waals surface area contributed by atoms with Crippen molar-refractivity contribution in [3.8, 4) is 5.75 Å². The van der Waals surface area contributed by atoms with Gasteiger partial charge in [0.1, 0.15) is 5.75 Å².